The highest BCUT2D eigenvalue weighted by molar-refractivity contribution is 6.02. The van der Waals surface area contributed by atoms with Crippen LogP contribution in [0.25, 0.3) is 32.9 Å². The minimum atomic E-state index is -0.238. The zero-order chi connectivity index (χ0) is 19.3. The molecule has 1 aromatic carbocycles. The molecule has 0 bridgehead atoms. The Balaban J connectivity index is 1.55. The van der Waals surface area contributed by atoms with Crippen molar-refractivity contribution < 1.29 is 4.79 Å². The fourth-order valence-electron chi connectivity index (χ4n) is 3.57. The van der Waals surface area contributed by atoms with Crippen molar-refractivity contribution >= 4 is 39.2 Å². The largest absolute Gasteiger partial charge is 0.398 e. The summed E-state index contributed by atoms with van der Waals surface area (Å²) in [7, 11) is 0. The van der Waals surface area contributed by atoms with Crippen molar-refractivity contribution in [3.05, 3.63) is 48.9 Å². The van der Waals surface area contributed by atoms with Crippen molar-refractivity contribution in [1.29, 1.82) is 5.26 Å². The third-order valence-electron chi connectivity index (χ3n) is 5.18. The molecule has 3 heterocycles. The molecule has 3 aromatic heterocycles. The smallest absolute Gasteiger partial charge is 0.230 e. The summed E-state index contributed by atoms with van der Waals surface area (Å²) in [6.45, 7) is 0. The van der Waals surface area contributed by atoms with Gasteiger partial charge >= 0.3 is 0 Å². The Morgan fingerprint density at radius 3 is 2.96 bits per heavy atom. The number of H-pyrrole nitrogens is 1. The number of carbonyl (C=O) groups excluding carboxylic acids is 1. The van der Waals surface area contributed by atoms with E-state index in [0.717, 1.165) is 32.9 Å². The zero-order valence-corrected chi connectivity index (χ0v) is 14.8. The molecule has 4 aromatic rings. The number of amides is 1. The first-order valence-electron chi connectivity index (χ1n) is 8.96. The summed E-state index contributed by atoms with van der Waals surface area (Å²) in [5, 5.41) is 14.4. The van der Waals surface area contributed by atoms with Crippen LogP contribution in [0.4, 0.5) is 11.5 Å². The van der Waals surface area contributed by atoms with Crippen LogP contribution < -0.4 is 11.1 Å². The lowest BCUT2D eigenvalue weighted by Gasteiger charge is -2.10. The van der Waals surface area contributed by atoms with E-state index >= 15 is 0 Å². The van der Waals surface area contributed by atoms with E-state index in [1.807, 2.05) is 36.5 Å². The number of nitriles is 1. The number of aromatic nitrogens is 3. The van der Waals surface area contributed by atoms with Gasteiger partial charge in [-0.05, 0) is 53.3 Å². The summed E-state index contributed by atoms with van der Waals surface area (Å²) >= 11 is 0. The quantitative estimate of drug-likeness (QED) is 0.478. The SMILES string of the molecule is N#C[C@@H]1C[C@H]1C(=O)Nc1cc2cc(-c3ccnc4[nH]ccc34)cc(N)c2cn1. The van der Waals surface area contributed by atoms with Gasteiger partial charge in [-0.15, -0.1) is 0 Å². The lowest BCUT2D eigenvalue weighted by Crippen LogP contribution is -2.15. The summed E-state index contributed by atoms with van der Waals surface area (Å²) in [4.78, 5) is 24.0. The number of fused-ring (bicyclic) bond motifs is 2. The molecule has 1 fully saturated rings. The molecule has 1 saturated carbocycles. The molecule has 136 valence electrons. The highest BCUT2D eigenvalue weighted by Gasteiger charge is 2.43. The first-order chi connectivity index (χ1) is 13.6. The Bertz CT molecular complexity index is 1290. The second-order valence-electron chi connectivity index (χ2n) is 7.02. The predicted molar refractivity (Wildman–Crippen MR) is 107 cm³/mol. The number of pyridine rings is 2. The minimum absolute atomic E-state index is 0.161. The number of hydrogen-bond acceptors (Lipinski definition) is 5. The maximum atomic E-state index is 12.2. The molecule has 0 spiro atoms. The van der Waals surface area contributed by atoms with Crippen LogP contribution in [0.3, 0.4) is 0 Å². The number of aromatic amines is 1. The van der Waals surface area contributed by atoms with E-state index in [0.29, 0.717) is 17.9 Å². The number of hydrogen-bond donors (Lipinski definition) is 3. The maximum Gasteiger partial charge on any atom is 0.230 e. The van der Waals surface area contributed by atoms with Crippen LogP contribution in [0.5, 0.6) is 0 Å². The zero-order valence-electron chi connectivity index (χ0n) is 14.8. The van der Waals surface area contributed by atoms with Gasteiger partial charge in [-0.25, -0.2) is 9.97 Å². The van der Waals surface area contributed by atoms with Gasteiger partial charge in [0.05, 0.1) is 17.9 Å². The Morgan fingerprint density at radius 2 is 2.14 bits per heavy atom. The topological polar surface area (TPSA) is 120 Å². The summed E-state index contributed by atoms with van der Waals surface area (Å²) in [5.41, 5.74) is 9.69. The second kappa shape index (κ2) is 6.06. The molecule has 0 unspecified atom stereocenters. The molecule has 5 rings (SSSR count). The first-order valence-corrected chi connectivity index (χ1v) is 8.96. The Kier molecular flexibility index (Phi) is 3.52. The first kappa shape index (κ1) is 16.3. The van der Waals surface area contributed by atoms with Crippen LogP contribution in [-0.2, 0) is 4.79 Å². The van der Waals surface area contributed by atoms with E-state index in [2.05, 4.69) is 26.3 Å². The van der Waals surface area contributed by atoms with E-state index in [1.165, 1.54) is 0 Å². The van der Waals surface area contributed by atoms with Crippen LogP contribution >= 0.6 is 0 Å². The number of carbonyl (C=O) groups is 1. The van der Waals surface area contributed by atoms with Crippen molar-refractivity contribution in [2.75, 3.05) is 11.1 Å². The summed E-state index contributed by atoms with van der Waals surface area (Å²) in [6.07, 6.45) is 5.89. The summed E-state index contributed by atoms with van der Waals surface area (Å²) in [6, 6.07) is 11.8. The minimum Gasteiger partial charge on any atom is -0.398 e. The summed E-state index contributed by atoms with van der Waals surface area (Å²) in [5.74, 6) is -0.124. The number of nitrogens with two attached hydrogens (primary N) is 1. The van der Waals surface area contributed by atoms with E-state index in [1.54, 1.807) is 12.4 Å². The van der Waals surface area contributed by atoms with E-state index in [4.69, 9.17) is 11.0 Å². The fourth-order valence-corrected chi connectivity index (χ4v) is 3.57. The fraction of sp³-hybridized carbons (Fsp3) is 0.143. The molecule has 0 radical (unpaired) electrons. The second-order valence-corrected chi connectivity index (χ2v) is 7.02. The third-order valence-corrected chi connectivity index (χ3v) is 5.18. The lowest BCUT2D eigenvalue weighted by molar-refractivity contribution is -0.117. The number of benzene rings is 1. The average Bonchev–Trinajstić information content (AvgIpc) is 3.34. The van der Waals surface area contributed by atoms with Crippen LogP contribution in [-0.4, -0.2) is 20.9 Å². The Hall–Kier alpha value is -3.92. The van der Waals surface area contributed by atoms with Gasteiger partial charge in [-0.1, -0.05) is 0 Å². The molecule has 4 N–H and O–H groups in total. The molecule has 1 aliphatic carbocycles. The molecule has 0 aliphatic heterocycles. The van der Waals surface area contributed by atoms with Crippen molar-refractivity contribution in [1.82, 2.24) is 15.0 Å². The predicted octanol–water partition coefficient (Wildman–Crippen LogP) is 3.46. The average molecular weight is 368 g/mol. The number of rotatable bonds is 3. The Morgan fingerprint density at radius 1 is 1.25 bits per heavy atom. The van der Waals surface area contributed by atoms with Gasteiger partial charge < -0.3 is 16.0 Å². The van der Waals surface area contributed by atoms with E-state index in [9.17, 15) is 4.79 Å². The molecular weight excluding hydrogens is 352 g/mol. The molecule has 7 nitrogen and oxygen atoms in total. The highest BCUT2D eigenvalue weighted by Crippen LogP contribution is 2.39. The van der Waals surface area contributed by atoms with Crippen molar-refractivity contribution in [3.63, 3.8) is 0 Å². The van der Waals surface area contributed by atoms with Gasteiger partial charge in [0.25, 0.3) is 0 Å². The van der Waals surface area contributed by atoms with Crippen LogP contribution in [0.1, 0.15) is 6.42 Å². The molecule has 1 amide bonds. The third kappa shape index (κ3) is 2.63. The van der Waals surface area contributed by atoms with Gasteiger partial charge in [-0.2, -0.15) is 5.26 Å². The molecule has 7 heteroatoms. The van der Waals surface area contributed by atoms with Gasteiger partial charge in [0.15, 0.2) is 0 Å². The van der Waals surface area contributed by atoms with Gasteiger partial charge in [-0.3, -0.25) is 4.79 Å². The van der Waals surface area contributed by atoms with E-state index < -0.39 is 0 Å². The monoisotopic (exact) mass is 368 g/mol. The van der Waals surface area contributed by atoms with Crippen LogP contribution in [0.15, 0.2) is 48.9 Å². The standard InChI is InChI=1S/C21H16N6O/c22-9-13-6-16(13)21(28)27-19-8-12-5-11(7-18(23)17(12)10-26-19)14-1-3-24-20-15(14)2-4-25-20/h1-5,7-8,10,13,16H,6,23H2,(H,24,25)(H,26,27,28)/t13-,16+/m0/s1. The number of nitrogen functional groups attached to an aromatic ring is 1. The van der Waals surface area contributed by atoms with Gasteiger partial charge in [0, 0.05) is 35.1 Å². The Labute approximate surface area is 160 Å². The molecule has 0 saturated heterocycles. The van der Waals surface area contributed by atoms with Crippen molar-refractivity contribution in [2.45, 2.75) is 6.42 Å². The highest BCUT2D eigenvalue weighted by atomic mass is 16.2. The molecule has 1 aliphatic rings. The van der Waals surface area contributed by atoms with Crippen molar-refractivity contribution in [2.24, 2.45) is 11.8 Å². The molecular formula is C21H16N6O. The van der Waals surface area contributed by atoms with E-state index in [-0.39, 0.29) is 17.7 Å². The van der Waals surface area contributed by atoms with Crippen LogP contribution in [0, 0.1) is 23.2 Å². The van der Waals surface area contributed by atoms with Crippen LogP contribution in [0.2, 0.25) is 0 Å². The number of nitrogens with zero attached hydrogens (tertiary/aromatic N) is 3. The maximum absolute atomic E-state index is 12.2. The molecule has 2 atom stereocenters. The number of nitrogens with one attached hydrogen (secondary N) is 2. The molecule has 28 heavy (non-hydrogen) atoms. The normalized spacial score (nSPS) is 18.1. The van der Waals surface area contributed by atoms with Crippen molar-refractivity contribution in [3.8, 4) is 17.2 Å². The van der Waals surface area contributed by atoms with Gasteiger partial charge in [0.1, 0.15) is 11.5 Å². The number of anilines is 2. The lowest BCUT2D eigenvalue weighted by atomic mass is 9.99. The summed E-state index contributed by atoms with van der Waals surface area (Å²) < 4.78 is 0. The van der Waals surface area contributed by atoms with Gasteiger partial charge in [0.2, 0.25) is 5.91 Å².